The molecule has 0 fully saturated rings. The maximum absolute atomic E-state index is 11.6. The van der Waals surface area contributed by atoms with Crippen LogP contribution in [0.15, 0.2) is 0 Å². The van der Waals surface area contributed by atoms with Crippen LogP contribution in [0.3, 0.4) is 0 Å². The van der Waals surface area contributed by atoms with Crippen LogP contribution in [-0.4, -0.2) is 31.7 Å². The minimum atomic E-state index is -0.773. The Morgan fingerprint density at radius 3 is 2.21 bits per heavy atom. The van der Waals surface area contributed by atoms with Crippen LogP contribution in [0.4, 0.5) is 0 Å². The van der Waals surface area contributed by atoms with Crippen molar-refractivity contribution in [2.24, 2.45) is 11.1 Å². The molecule has 0 rings (SSSR count). The quantitative estimate of drug-likeness (QED) is 0.683. The van der Waals surface area contributed by atoms with Crippen LogP contribution in [0.2, 0.25) is 0 Å². The number of nitrogens with two attached hydrogens (primary N) is 1. The summed E-state index contributed by atoms with van der Waals surface area (Å²) in [7, 11) is 1.52. The van der Waals surface area contributed by atoms with Crippen molar-refractivity contribution in [3.63, 3.8) is 0 Å². The topological polar surface area (TPSA) is 64.3 Å². The standard InChI is InChI=1S/C10H22N2O2/c1-9(2,6-11)7-12-8(13)10(3,4)14-5/h6-7,11H2,1-5H3,(H,12,13). The summed E-state index contributed by atoms with van der Waals surface area (Å²) >= 11 is 0. The average Bonchev–Trinajstić information content (AvgIpc) is 2.14. The lowest BCUT2D eigenvalue weighted by molar-refractivity contribution is -0.139. The van der Waals surface area contributed by atoms with Gasteiger partial charge in [0, 0.05) is 13.7 Å². The predicted octanol–water partition coefficient (Wildman–Crippen LogP) is 0.513. The zero-order chi connectivity index (χ0) is 11.4. The summed E-state index contributed by atoms with van der Waals surface area (Å²) in [6, 6.07) is 0. The third kappa shape index (κ3) is 4.07. The second kappa shape index (κ2) is 4.75. The van der Waals surface area contributed by atoms with Gasteiger partial charge in [-0.15, -0.1) is 0 Å². The molecule has 0 saturated heterocycles. The second-order valence-electron chi connectivity index (χ2n) is 4.77. The number of methoxy groups -OCH3 is 1. The molecule has 0 aliphatic rings. The Morgan fingerprint density at radius 2 is 1.86 bits per heavy atom. The van der Waals surface area contributed by atoms with Gasteiger partial charge in [0.15, 0.2) is 0 Å². The molecule has 0 aliphatic carbocycles. The van der Waals surface area contributed by atoms with Crippen molar-refractivity contribution in [1.29, 1.82) is 0 Å². The Bertz CT molecular complexity index is 200. The Morgan fingerprint density at radius 1 is 1.36 bits per heavy atom. The first-order chi connectivity index (χ1) is 6.25. The monoisotopic (exact) mass is 202 g/mol. The van der Waals surface area contributed by atoms with Crippen LogP contribution in [-0.2, 0) is 9.53 Å². The molecule has 3 N–H and O–H groups in total. The highest BCUT2D eigenvalue weighted by molar-refractivity contribution is 5.84. The van der Waals surface area contributed by atoms with E-state index in [1.807, 2.05) is 13.8 Å². The largest absolute Gasteiger partial charge is 0.369 e. The zero-order valence-electron chi connectivity index (χ0n) is 9.81. The number of hydrogen-bond acceptors (Lipinski definition) is 3. The number of nitrogens with one attached hydrogen (secondary N) is 1. The van der Waals surface area contributed by atoms with Crippen LogP contribution < -0.4 is 11.1 Å². The Kier molecular flexibility index (Phi) is 4.55. The third-order valence-corrected chi connectivity index (χ3v) is 2.34. The molecule has 0 aromatic rings. The van der Waals surface area contributed by atoms with Gasteiger partial charge in [-0.1, -0.05) is 13.8 Å². The van der Waals surface area contributed by atoms with Crippen LogP contribution >= 0.6 is 0 Å². The molecule has 1 amide bonds. The molecule has 0 aromatic heterocycles. The lowest BCUT2D eigenvalue weighted by Gasteiger charge is -2.27. The molecule has 14 heavy (non-hydrogen) atoms. The molecule has 4 nitrogen and oxygen atoms in total. The molecule has 0 unspecified atom stereocenters. The smallest absolute Gasteiger partial charge is 0.251 e. The minimum Gasteiger partial charge on any atom is -0.369 e. The molecule has 0 aromatic carbocycles. The second-order valence-corrected chi connectivity index (χ2v) is 4.77. The molecule has 0 saturated carbocycles. The van der Waals surface area contributed by atoms with Crippen LogP contribution in [0, 0.1) is 5.41 Å². The van der Waals surface area contributed by atoms with Crippen molar-refractivity contribution in [2.45, 2.75) is 33.3 Å². The first kappa shape index (κ1) is 13.4. The molecule has 84 valence electrons. The molecule has 4 heteroatoms. The van der Waals surface area contributed by atoms with E-state index in [0.717, 1.165) is 0 Å². The molecular weight excluding hydrogens is 180 g/mol. The highest BCUT2D eigenvalue weighted by Gasteiger charge is 2.28. The van der Waals surface area contributed by atoms with Gasteiger partial charge in [0.1, 0.15) is 5.60 Å². The number of ether oxygens (including phenoxy) is 1. The number of amides is 1. The Labute approximate surface area is 86.2 Å². The van der Waals surface area contributed by atoms with E-state index >= 15 is 0 Å². The molecule has 0 aliphatic heterocycles. The van der Waals surface area contributed by atoms with Gasteiger partial charge in [0.2, 0.25) is 0 Å². The summed E-state index contributed by atoms with van der Waals surface area (Å²) in [6.07, 6.45) is 0. The van der Waals surface area contributed by atoms with Crippen molar-refractivity contribution >= 4 is 5.91 Å². The molecule has 0 spiro atoms. The van der Waals surface area contributed by atoms with E-state index in [1.165, 1.54) is 7.11 Å². The van der Waals surface area contributed by atoms with E-state index in [4.69, 9.17) is 10.5 Å². The van der Waals surface area contributed by atoms with Crippen LogP contribution in [0.1, 0.15) is 27.7 Å². The maximum atomic E-state index is 11.6. The van der Waals surface area contributed by atoms with E-state index < -0.39 is 5.60 Å². The third-order valence-electron chi connectivity index (χ3n) is 2.34. The fourth-order valence-electron chi connectivity index (χ4n) is 0.697. The van der Waals surface area contributed by atoms with Crippen molar-refractivity contribution in [3.05, 3.63) is 0 Å². The van der Waals surface area contributed by atoms with Gasteiger partial charge in [0.05, 0.1) is 0 Å². The number of rotatable bonds is 5. The fraction of sp³-hybridized carbons (Fsp3) is 0.900. The van der Waals surface area contributed by atoms with Gasteiger partial charge in [-0.05, 0) is 25.8 Å². The molecule has 0 radical (unpaired) electrons. The maximum Gasteiger partial charge on any atom is 0.251 e. The lowest BCUT2D eigenvalue weighted by atomic mass is 9.93. The average molecular weight is 202 g/mol. The van der Waals surface area contributed by atoms with Gasteiger partial charge in [-0.25, -0.2) is 0 Å². The van der Waals surface area contributed by atoms with E-state index in [0.29, 0.717) is 13.1 Å². The van der Waals surface area contributed by atoms with E-state index in [1.54, 1.807) is 13.8 Å². The van der Waals surface area contributed by atoms with Crippen molar-refractivity contribution < 1.29 is 9.53 Å². The van der Waals surface area contributed by atoms with Gasteiger partial charge in [-0.2, -0.15) is 0 Å². The summed E-state index contributed by atoms with van der Waals surface area (Å²) in [4.78, 5) is 11.6. The molecular formula is C10H22N2O2. The first-order valence-corrected chi connectivity index (χ1v) is 4.79. The molecule has 0 heterocycles. The molecule has 0 atom stereocenters. The SMILES string of the molecule is COC(C)(C)C(=O)NCC(C)(C)CN. The van der Waals surface area contributed by atoms with Gasteiger partial charge >= 0.3 is 0 Å². The van der Waals surface area contributed by atoms with E-state index in [9.17, 15) is 4.79 Å². The summed E-state index contributed by atoms with van der Waals surface area (Å²) in [6.45, 7) is 8.59. The normalized spacial score (nSPS) is 12.7. The highest BCUT2D eigenvalue weighted by Crippen LogP contribution is 2.12. The lowest BCUT2D eigenvalue weighted by Crippen LogP contribution is -2.47. The van der Waals surface area contributed by atoms with E-state index in [-0.39, 0.29) is 11.3 Å². The van der Waals surface area contributed by atoms with Gasteiger partial charge < -0.3 is 15.8 Å². The Hall–Kier alpha value is -0.610. The van der Waals surface area contributed by atoms with Gasteiger partial charge in [-0.3, -0.25) is 4.79 Å². The number of carbonyl (C=O) groups is 1. The summed E-state index contributed by atoms with van der Waals surface area (Å²) in [5.74, 6) is -0.110. The summed E-state index contributed by atoms with van der Waals surface area (Å²) in [5, 5.41) is 2.82. The molecule has 0 bridgehead atoms. The van der Waals surface area contributed by atoms with Crippen molar-refractivity contribution in [1.82, 2.24) is 5.32 Å². The van der Waals surface area contributed by atoms with E-state index in [2.05, 4.69) is 5.32 Å². The zero-order valence-corrected chi connectivity index (χ0v) is 9.81. The summed E-state index contributed by atoms with van der Waals surface area (Å²) in [5.41, 5.74) is 4.71. The van der Waals surface area contributed by atoms with Crippen molar-refractivity contribution in [2.75, 3.05) is 20.2 Å². The summed E-state index contributed by atoms with van der Waals surface area (Å²) < 4.78 is 5.06. The minimum absolute atomic E-state index is 0.0700. The number of hydrogen-bond donors (Lipinski definition) is 2. The fourth-order valence-corrected chi connectivity index (χ4v) is 0.697. The Balaban J connectivity index is 4.10. The highest BCUT2D eigenvalue weighted by atomic mass is 16.5. The van der Waals surface area contributed by atoms with Crippen molar-refractivity contribution in [3.8, 4) is 0 Å². The predicted molar refractivity (Wildman–Crippen MR) is 56.9 cm³/mol. The number of carbonyl (C=O) groups excluding carboxylic acids is 1. The first-order valence-electron chi connectivity index (χ1n) is 4.79. The van der Waals surface area contributed by atoms with Gasteiger partial charge in [0.25, 0.3) is 5.91 Å². The van der Waals surface area contributed by atoms with Crippen LogP contribution in [0.25, 0.3) is 0 Å². The van der Waals surface area contributed by atoms with Crippen LogP contribution in [0.5, 0.6) is 0 Å².